The largest absolute Gasteiger partial charge is 0.387 e. The summed E-state index contributed by atoms with van der Waals surface area (Å²) in [4.78, 5) is 0.249. The van der Waals surface area contributed by atoms with Gasteiger partial charge < -0.3 is 5.73 Å². The molecule has 92 valence electrons. The first kappa shape index (κ1) is 12.1. The molecular formula is C11H15N3O2S. The predicted octanol–water partition coefficient (Wildman–Crippen LogP) is 0.390. The summed E-state index contributed by atoms with van der Waals surface area (Å²) in [6, 6.07) is 5.18. The molecule has 5 nitrogen and oxygen atoms in total. The Kier molecular flexibility index (Phi) is 3.17. The Hall–Kier alpha value is -1.40. The molecule has 1 aliphatic rings. The maximum atomic E-state index is 11.9. The van der Waals surface area contributed by atoms with E-state index in [2.05, 4.69) is 4.72 Å². The molecule has 0 saturated heterocycles. The second kappa shape index (κ2) is 4.46. The van der Waals surface area contributed by atoms with Crippen molar-refractivity contribution in [3.05, 3.63) is 29.3 Å². The van der Waals surface area contributed by atoms with E-state index in [1.807, 2.05) is 6.07 Å². The van der Waals surface area contributed by atoms with Crippen molar-refractivity contribution in [3.63, 3.8) is 0 Å². The summed E-state index contributed by atoms with van der Waals surface area (Å²) in [6.45, 7) is -0.153. The van der Waals surface area contributed by atoms with Crippen LogP contribution in [0.15, 0.2) is 23.1 Å². The Morgan fingerprint density at radius 1 is 1.35 bits per heavy atom. The van der Waals surface area contributed by atoms with Gasteiger partial charge in [-0.05, 0) is 42.5 Å². The number of sulfonamides is 1. The van der Waals surface area contributed by atoms with Gasteiger partial charge in [0.25, 0.3) is 0 Å². The Bertz CT molecular complexity index is 552. The number of nitrogens with two attached hydrogens (primary N) is 1. The molecule has 2 rings (SSSR count). The van der Waals surface area contributed by atoms with Crippen LogP contribution >= 0.6 is 0 Å². The molecule has 6 heteroatoms. The molecule has 0 bridgehead atoms. The Labute approximate surface area is 101 Å². The van der Waals surface area contributed by atoms with Crippen molar-refractivity contribution in [2.75, 3.05) is 6.54 Å². The minimum atomic E-state index is -3.55. The molecule has 0 radical (unpaired) electrons. The second-order valence-corrected chi connectivity index (χ2v) is 5.90. The highest BCUT2D eigenvalue weighted by Crippen LogP contribution is 2.24. The van der Waals surface area contributed by atoms with Crippen LogP contribution in [0.1, 0.15) is 17.5 Å². The first-order valence-corrected chi connectivity index (χ1v) is 6.92. The highest BCUT2D eigenvalue weighted by atomic mass is 32.2. The number of rotatable bonds is 4. The molecule has 0 aliphatic heterocycles. The predicted molar refractivity (Wildman–Crippen MR) is 65.6 cm³/mol. The highest BCUT2D eigenvalue weighted by molar-refractivity contribution is 7.89. The van der Waals surface area contributed by atoms with E-state index in [4.69, 9.17) is 11.1 Å². The standard InChI is InChI=1S/C11H15N3O2S/c12-11(13)7-14-17(15,16)10-5-4-8-2-1-3-9(8)6-10/h4-6,14H,1-3,7H2,(H3,12,13). The molecule has 4 N–H and O–H groups in total. The lowest BCUT2D eigenvalue weighted by Crippen LogP contribution is -2.32. The fourth-order valence-electron chi connectivity index (χ4n) is 1.97. The van der Waals surface area contributed by atoms with Crippen LogP contribution in [0.3, 0.4) is 0 Å². The van der Waals surface area contributed by atoms with Crippen molar-refractivity contribution in [2.45, 2.75) is 24.2 Å². The normalized spacial score (nSPS) is 14.6. The Balaban J connectivity index is 2.24. The van der Waals surface area contributed by atoms with E-state index in [1.165, 1.54) is 5.56 Å². The third-order valence-corrected chi connectivity index (χ3v) is 4.23. The second-order valence-electron chi connectivity index (χ2n) is 4.13. The van der Waals surface area contributed by atoms with Crippen molar-refractivity contribution in [3.8, 4) is 0 Å². The number of benzene rings is 1. The maximum absolute atomic E-state index is 11.9. The molecule has 0 amide bonds. The van der Waals surface area contributed by atoms with E-state index in [9.17, 15) is 8.42 Å². The first-order valence-electron chi connectivity index (χ1n) is 5.43. The van der Waals surface area contributed by atoms with E-state index < -0.39 is 10.0 Å². The summed E-state index contributed by atoms with van der Waals surface area (Å²) in [5, 5.41) is 7.01. The molecule has 0 fully saturated rings. The molecule has 1 aliphatic carbocycles. The summed E-state index contributed by atoms with van der Waals surface area (Å²) < 4.78 is 26.0. The molecule has 0 atom stereocenters. The number of aryl methyl sites for hydroxylation is 2. The Morgan fingerprint density at radius 3 is 2.76 bits per heavy atom. The topological polar surface area (TPSA) is 96.0 Å². The number of amidine groups is 1. The lowest BCUT2D eigenvalue weighted by atomic mass is 10.1. The molecule has 17 heavy (non-hydrogen) atoms. The van der Waals surface area contributed by atoms with Gasteiger partial charge in [-0.15, -0.1) is 0 Å². The average molecular weight is 253 g/mol. The van der Waals surface area contributed by atoms with Crippen LogP contribution in [0.4, 0.5) is 0 Å². The number of hydrogen-bond donors (Lipinski definition) is 3. The third-order valence-electron chi connectivity index (χ3n) is 2.83. The average Bonchev–Trinajstić information content (AvgIpc) is 2.73. The van der Waals surface area contributed by atoms with Gasteiger partial charge in [0.2, 0.25) is 10.0 Å². The Morgan fingerprint density at radius 2 is 2.06 bits per heavy atom. The van der Waals surface area contributed by atoms with Gasteiger partial charge in [-0.1, -0.05) is 6.07 Å². The van der Waals surface area contributed by atoms with E-state index in [0.717, 1.165) is 24.8 Å². The van der Waals surface area contributed by atoms with Crippen LogP contribution in [0, 0.1) is 5.41 Å². The number of nitrogens with one attached hydrogen (secondary N) is 2. The van der Waals surface area contributed by atoms with Gasteiger partial charge in [-0.3, -0.25) is 5.41 Å². The van der Waals surface area contributed by atoms with Gasteiger partial charge in [0.1, 0.15) is 5.84 Å². The van der Waals surface area contributed by atoms with Crippen LogP contribution in [0.25, 0.3) is 0 Å². The number of hydrogen-bond acceptors (Lipinski definition) is 3. The summed E-state index contributed by atoms with van der Waals surface area (Å²) in [7, 11) is -3.55. The lowest BCUT2D eigenvalue weighted by molar-refractivity contribution is 0.586. The molecule has 1 aromatic carbocycles. The van der Waals surface area contributed by atoms with Gasteiger partial charge in [0, 0.05) is 0 Å². The lowest BCUT2D eigenvalue weighted by Gasteiger charge is -2.07. The fraction of sp³-hybridized carbons (Fsp3) is 0.364. The fourth-order valence-corrected chi connectivity index (χ4v) is 3.03. The van der Waals surface area contributed by atoms with Crippen LogP contribution in [0.5, 0.6) is 0 Å². The summed E-state index contributed by atoms with van der Waals surface area (Å²) in [6.07, 6.45) is 3.04. The number of fused-ring (bicyclic) bond motifs is 1. The van der Waals surface area contributed by atoms with E-state index in [-0.39, 0.29) is 17.3 Å². The summed E-state index contributed by atoms with van der Waals surface area (Å²) in [5.41, 5.74) is 7.46. The molecule has 0 aromatic heterocycles. The van der Waals surface area contributed by atoms with Crippen LogP contribution in [-0.2, 0) is 22.9 Å². The smallest absolute Gasteiger partial charge is 0.240 e. The molecule has 0 unspecified atom stereocenters. The zero-order valence-electron chi connectivity index (χ0n) is 9.36. The summed E-state index contributed by atoms with van der Waals surface area (Å²) in [5.74, 6) is -0.199. The van der Waals surface area contributed by atoms with Gasteiger partial charge in [-0.25, -0.2) is 13.1 Å². The molecule has 0 spiro atoms. The minimum absolute atomic E-state index is 0.153. The highest BCUT2D eigenvalue weighted by Gasteiger charge is 2.18. The van der Waals surface area contributed by atoms with Crippen LogP contribution in [0.2, 0.25) is 0 Å². The van der Waals surface area contributed by atoms with Crippen LogP contribution < -0.4 is 10.5 Å². The van der Waals surface area contributed by atoms with E-state index in [0.29, 0.717) is 0 Å². The first-order chi connectivity index (χ1) is 7.99. The summed E-state index contributed by atoms with van der Waals surface area (Å²) >= 11 is 0. The SMILES string of the molecule is N=C(N)CNS(=O)(=O)c1ccc2c(c1)CCC2. The van der Waals surface area contributed by atoms with E-state index >= 15 is 0 Å². The molecule has 1 aromatic rings. The van der Waals surface area contributed by atoms with Crippen molar-refractivity contribution >= 4 is 15.9 Å². The van der Waals surface area contributed by atoms with Crippen molar-refractivity contribution < 1.29 is 8.42 Å². The molecular weight excluding hydrogens is 238 g/mol. The van der Waals surface area contributed by atoms with Gasteiger partial charge in [-0.2, -0.15) is 0 Å². The quantitative estimate of drug-likeness (QED) is 0.535. The van der Waals surface area contributed by atoms with Gasteiger partial charge >= 0.3 is 0 Å². The zero-order valence-corrected chi connectivity index (χ0v) is 10.2. The van der Waals surface area contributed by atoms with Gasteiger partial charge in [0.15, 0.2) is 0 Å². The van der Waals surface area contributed by atoms with E-state index in [1.54, 1.807) is 12.1 Å². The zero-order chi connectivity index (χ0) is 12.5. The van der Waals surface area contributed by atoms with Crippen molar-refractivity contribution in [1.82, 2.24) is 4.72 Å². The third kappa shape index (κ3) is 2.65. The maximum Gasteiger partial charge on any atom is 0.240 e. The van der Waals surface area contributed by atoms with Crippen molar-refractivity contribution in [1.29, 1.82) is 5.41 Å². The monoisotopic (exact) mass is 253 g/mol. The van der Waals surface area contributed by atoms with Gasteiger partial charge in [0.05, 0.1) is 11.4 Å². The molecule has 0 saturated carbocycles. The van der Waals surface area contributed by atoms with Crippen molar-refractivity contribution in [2.24, 2.45) is 5.73 Å². The van der Waals surface area contributed by atoms with Crippen LogP contribution in [-0.4, -0.2) is 20.8 Å². The molecule has 0 heterocycles. The minimum Gasteiger partial charge on any atom is -0.387 e.